The fourth-order valence-corrected chi connectivity index (χ4v) is 8.52. The van der Waals surface area contributed by atoms with Crippen LogP contribution in [-0.2, 0) is 15.6 Å². The zero-order valence-corrected chi connectivity index (χ0v) is 28.4. The molecule has 2 heterocycles. The number of likely N-dealkylation sites (N-methyl/N-ethyl adjacent to an activating group) is 1. The smallest absolute Gasteiger partial charge is 0.303 e. The second-order valence-corrected chi connectivity index (χ2v) is 13.9. The first-order chi connectivity index (χ1) is 19.0. The summed E-state index contributed by atoms with van der Waals surface area (Å²) in [6.45, 7) is 10.1. The number of benzene rings is 2. The molecule has 210 valence electrons. The molecule has 2 aromatic rings. The number of rotatable bonds is 10. The lowest BCUT2D eigenvalue weighted by molar-refractivity contribution is -0.438. The van der Waals surface area contributed by atoms with Crippen molar-refractivity contribution in [1.82, 2.24) is 0 Å². The number of para-hydroxylation sites is 1. The zero-order valence-electron chi connectivity index (χ0n) is 24.0. The lowest BCUT2D eigenvalue weighted by atomic mass is 9.81. The highest BCUT2D eigenvalue weighted by Gasteiger charge is 2.43. The second-order valence-electron chi connectivity index (χ2n) is 11.5. The summed E-state index contributed by atoms with van der Waals surface area (Å²) in [4.78, 5) is 13.2. The van der Waals surface area contributed by atoms with Crippen molar-refractivity contribution in [2.45, 2.75) is 64.2 Å². The standard InChI is InChI=1S/C34H38I2N2O2/c1-33(2)25-16-13-14-17-27(25)38(21-15-9-12-20-31(39)40)30(33)19-11-8-6-7-10-18-29-34(3,4)32-26(36)22-24(35)23-28(32)37(29)5/h6-8,10-11,13-14,16-19,22-23H,9,12,15,20-21H2,1-5H3/p+1. The Hall–Kier alpha value is -2.20. The minimum absolute atomic E-state index is 0.0459. The molecule has 0 radical (unpaired) electrons. The number of carboxylic acids is 1. The van der Waals surface area contributed by atoms with Crippen molar-refractivity contribution in [2.24, 2.45) is 0 Å². The van der Waals surface area contributed by atoms with Gasteiger partial charge >= 0.3 is 5.97 Å². The number of hydrogen-bond acceptors (Lipinski definition) is 2. The fraction of sp³-hybridized carbons (Fsp3) is 0.353. The van der Waals surface area contributed by atoms with Crippen LogP contribution >= 0.6 is 45.2 Å². The first-order valence-electron chi connectivity index (χ1n) is 13.9. The van der Waals surface area contributed by atoms with Gasteiger partial charge in [-0.15, -0.1) is 0 Å². The van der Waals surface area contributed by atoms with Gasteiger partial charge in [0.25, 0.3) is 0 Å². The lowest BCUT2D eigenvalue weighted by Gasteiger charge is -2.24. The number of halogens is 2. The normalized spacial score (nSPS) is 18.6. The van der Waals surface area contributed by atoms with E-state index in [1.165, 1.54) is 41.1 Å². The molecule has 0 bridgehead atoms. The highest BCUT2D eigenvalue weighted by Crippen LogP contribution is 2.49. The van der Waals surface area contributed by atoms with E-state index in [0.29, 0.717) is 0 Å². The number of aliphatic carboxylic acids is 1. The molecule has 2 aromatic carbocycles. The molecule has 4 rings (SSSR count). The fourth-order valence-electron chi connectivity index (χ4n) is 6.03. The molecule has 0 fully saturated rings. The molecule has 0 aromatic heterocycles. The Bertz CT molecular complexity index is 1440. The minimum Gasteiger partial charge on any atom is -0.481 e. The van der Waals surface area contributed by atoms with Gasteiger partial charge in [0.15, 0.2) is 5.71 Å². The van der Waals surface area contributed by atoms with Crippen molar-refractivity contribution in [3.8, 4) is 0 Å². The van der Waals surface area contributed by atoms with Gasteiger partial charge in [-0.3, -0.25) is 4.79 Å². The summed E-state index contributed by atoms with van der Waals surface area (Å²) in [6, 6.07) is 13.2. The summed E-state index contributed by atoms with van der Waals surface area (Å²) < 4.78 is 4.99. The van der Waals surface area contributed by atoms with Gasteiger partial charge in [-0.2, -0.15) is 4.58 Å². The van der Waals surface area contributed by atoms with E-state index in [1.54, 1.807) is 0 Å². The number of nitrogens with zero attached hydrogens (tertiary/aromatic N) is 2. The first-order valence-corrected chi connectivity index (χ1v) is 16.0. The van der Waals surface area contributed by atoms with E-state index in [0.717, 1.165) is 25.8 Å². The Morgan fingerprint density at radius 2 is 1.65 bits per heavy atom. The van der Waals surface area contributed by atoms with Crippen molar-refractivity contribution in [3.05, 3.63) is 103 Å². The highest BCUT2D eigenvalue weighted by molar-refractivity contribution is 14.1. The number of allylic oxidation sites excluding steroid dienone is 8. The third kappa shape index (κ3) is 6.32. The lowest BCUT2D eigenvalue weighted by Crippen LogP contribution is -2.27. The molecule has 0 aliphatic carbocycles. The van der Waals surface area contributed by atoms with Crippen LogP contribution in [-0.4, -0.2) is 35.0 Å². The van der Waals surface area contributed by atoms with Gasteiger partial charge in [0, 0.05) is 67.1 Å². The van der Waals surface area contributed by atoms with Gasteiger partial charge in [-0.1, -0.05) is 62.4 Å². The number of carboxylic acid groups (broad SMARTS) is 1. The predicted octanol–water partition coefficient (Wildman–Crippen LogP) is 8.90. The van der Waals surface area contributed by atoms with Crippen molar-refractivity contribution in [2.75, 3.05) is 18.5 Å². The predicted molar refractivity (Wildman–Crippen MR) is 184 cm³/mol. The number of anilines is 1. The molecular formula is C34H39I2N2O2+. The van der Waals surface area contributed by atoms with Crippen LogP contribution in [0, 0.1) is 7.14 Å². The van der Waals surface area contributed by atoms with E-state index < -0.39 is 5.97 Å². The van der Waals surface area contributed by atoms with E-state index in [4.69, 9.17) is 5.11 Å². The molecule has 0 unspecified atom stereocenters. The van der Waals surface area contributed by atoms with Crippen LogP contribution in [0.2, 0.25) is 0 Å². The minimum atomic E-state index is -0.714. The van der Waals surface area contributed by atoms with Crippen LogP contribution in [0.25, 0.3) is 0 Å². The van der Waals surface area contributed by atoms with Crippen LogP contribution in [0.4, 0.5) is 11.4 Å². The van der Waals surface area contributed by atoms with Gasteiger partial charge < -0.3 is 10.0 Å². The molecule has 0 saturated carbocycles. The third-order valence-electron chi connectivity index (χ3n) is 8.05. The van der Waals surface area contributed by atoms with Gasteiger partial charge in [0.2, 0.25) is 5.69 Å². The quantitative estimate of drug-likeness (QED) is 0.114. The molecule has 1 N–H and O–H groups in total. The Labute approximate surface area is 266 Å². The Balaban J connectivity index is 1.48. The van der Waals surface area contributed by atoms with Crippen LogP contribution in [0.1, 0.15) is 64.5 Å². The number of carbonyl (C=O) groups is 1. The summed E-state index contributed by atoms with van der Waals surface area (Å²) in [5.41, 5.74) is 7.72. The summed E-state index contributed by atoms with van der Waals surface area (Å²) in [5.74, 6) is -0.714. The topological polar surface area (TPSA) is 43.5 Å². The van der Waals surface area contributed by atoms with Crippen molar-refractivity contribution in [3.63, 3.8) is 0 Å². The maximum atomic E-state index is 10.9. The monoisotopic (exact) mass is 761 g/mol. The summed E-state index contributed by atoms with van der Waals surface area (Å²) in [6.07, 6.45) is 17.8. The highest BCUT2D eigenvalue weighted by atomic mass is 127. The number of fused-ring (bicyclic) bond motifs is 2. The Kier molecular flexibility index (Phi) is 9.81. The Morgan fingerprint density at radius 3 is 2.40 bits per heavy atom. The van der Waals surface area contributed by atoms with Gasteiger partial charge in [0.05, 0.1) is 5.41 Å². The van der Waals surface area contributed by atoms with Gasteiger partial charge in [-0.25, -0.2) is 0 Å². The van der Waals surface area contributed by atoms with E-state index in [1.807, 2.05) is 0 Å². The molecule has 2 aliphatic heterocycles. The molecule has 2 aliphatic rings. The van der Waals surface area contributed by atoms with Crippen LogP contribution < -0.4 is 4.90 Å². The average Bonchev–Trinajstić information content (AvgIpc) is 3.21. The maximum absolute atomic E-state index is 10.9. The largest absolute Gasteiger partial charge is 0.481 e. The molecule has 4 nitrogen and oxygen atoms in total. The van der Waals surface area contributed by atoms with Crippen molar-refractivity contribution >= 4 is 68.2 Å². The maximum Gasteiger partial charge on any atom is 0.303 e. The van der Waals surface area contributed by atoms with E-state index >= 15 is 0 Å². The molecular weight excluding hydrogens is 722 g/mol. The third-order valence-corrected chi connectivity index (χ3v) is 9.52. The van der Waals surface area contributed by atoms with Crippen LogP contribution in [0.5, 0.6) is 0 Å². The number of unbranched alkanes of at least 4 members (excludes halogenated alkanes) is 2. The average molecular weight is 762 g/mol. The molecule has 0 spiro atoms. The van der Waals surface area contributed by atoms with E-state index in [-0.39, 0.29) is 17.3 Å². The van der Waals surface area contributed by atoms with E-state index in [2.05, 4.69) is 168 Å². The van der Waals surface area contributed by atoms with E-state index in [9.17, 15) is 4.79 Å². The molecule has 40 heavy (non-hydrogen) atoms. The molecule has 0 amide bonds. The summed E-state index contributed by atoms with van der Waals surface area (Å²) in [5, 5.41) is 8.94. The van der Waals surface area contributed by atoms with Gasteiger partial charge in [-0.05, 0) is 90.1 Å². The number of hydrogen-bond donors (Lipinski definition) is 1. The van der Waals surface area contributed by atoms with Gasteiger partial charge in [0.1, 0.15) is 6.54 Å². The molecule has 0 saturated heterocycles. The zero-order chi connectivity index (χ0) is 29.1. The first kappa shape index (κ1) is 30.8. The SMILES string of the molecule is CN1C(=CC=CC=CC=CC2=[N+](CCCCCC(=O)O)c3ccccc3C2(C)C)C(C)(C)c2c(I)cc(I)cc21. The Morgan fingerprint density at radius 1 is 0.950 bits per heavy atom. The van der Waals surface area contributed by atoms with Crippen LogP contribution in [0.15, 0.2) is 84.6 Å². The second kappa shape index (κ2) is 12.8. The molecule has 0 atom stereocenters. The summed E-state index contributed by atoms with van der Waals surface area (Å²) in [7, 11) is 2.16. The van der Waals surface area contributed by atoms with Crippen molar-refractivity contribution in [1.29, 1.82) is 0 Å². The van der Waals surface area contributed by atoms with Crippen LogP contribution in [0.3, 0.4) is 0 Å². The summed E-state index contributed by atoms with van der Waals surface area (Å²) >= 11 is 4.87. The molecule has 6 heteroatoms. The van der Waals surface area contributed by atoms with Crippen molar-refractivity contribution < 1.29 is 14.5 Å².